The molecule has 0 aromatic rings. The molecule has 2 heterocycles. The third-order valence-electron chi connectivity index (χ3n) is 6.32. The molecule has 3 fully saturated rings. The zero-order valence-electron chi connectivity index (χ0n) is 16.5. The van der Waals surface area contributed by atoms with Crippen molar-refractivity contribution in [2.24, 2.45) is 0 Å². The van der Waals surface area contributed by atoms with Crippen molar-refractivity contribution in [3.63, 3.8) is 0 Å². The molecule has 7 nitrogen and oxygen atoms in total. The van der Waals surface area contributed by atoms with Crippen LogP contribution in [-0.4, -0.2) is 78.3 Å². The SMILES string of the molecule is CCCS(=O)(=O)N1CCC(N2C[C@H](O)C[C@H]2C(=O)NC2CCCCC2)CC1. The lowest BCUT2D eigenvalue weighted by molar-refractivity contribution is -0.127. The van der Waals surface area contributed by atoms with E-state index < -0.39 is 16.1 Å². The normalized spacial score (nSPS) is 29.9. The van der Waals surface area contributed by atoms with Crippen molar-refractivity contribution >= 4 is 15.9 Å². The predicted octanol–water partition coefficient (Wildman–Crippen LogP) is 1.07. The Morgan fingerprint density at radius 3 is 2.41 bits per heavy atom. The Morgan fingerprint density at radius 2 is 1.78 bits per heavy atom. The van der Waals surface area contributed by atoms with E-state index >= 15 is 0 Å². The van der Waals surface area contributed by atoms with Gasteiger partial charge in [0.05, 0.1) is 17.9 Å². The van der Waals surface area contributed by atoms with Gasteiger partial charge in [-0.25, -0.2) is 12.7 Å². The summed E-state index contributed by atoms with van der Waals surface area (Å²) in [6.45, 7) is 3.41. The molecule has 0 aromatic carbocycles. The first-order valence-electron chi connectivity index (χ1n) is 10.6. The van der Waals surface area contributed by atoms with Gasteiger partial charge in [-0.2, -0.15) is 0 Å². The van der Waals surface area contributed by atoms with Crippen LogP contribution in [0.15, 0.2) is 0 Å². The van der Waals surface area contributed by atoms with Crippen molar-refractivity contribution in [3.05, 3.63) is 0 Å². The first-order chi connectivity index (χ1) is 12.9. The molecular weight excluding hydrogens is 366 g/mol. The highest BCUT2D eigenvalue weighted by atomic mass is 32.2. The van der Waals surface area contributed by atoms with Crippen LogP contribution in [0.5, 0.6) is 0 Å². The van der Waals surface area contributed by atoms with Crippen LogP contribution in [0.2, 0.25) is 0 Å². The molecule has 156 valence electrons. The van der Waals surface area contributed by atoms with Crippen molar-refractivity contribution < 1.29 is 18.3 Å². The molecule has 2 N–H and O–H groups in total. The number of piperidine rings is 1. The van der Waals surface area contributed by atoms with Gasteiger partial charge in [0.1, 0.15) is 0 Å². The van der Waals surface area contributed by atoms with Crippen molar-refractivity contribution in [3.8, 4) is 0 Å². The number of aliphatic hydroxyl groups is 1. The van der Waals surface area contributed by atoms with Crippen LogP contribution in [0.25, 0.3) is 0 Å². The van der Waals surface area contributed by atoms with Gasteiger partial charge in [0.2, 0.25) is 15.9 Å². The number of nitrogens with one attached hydrogen (secondary N) is 1. The fourth-order valence-corrected chi connectivity index (χ4v) is 6.42. The summed E-state index contributed by atoms with van der Waals surface area (Å²) in [4.78, 5) is 15.0. The Kier molecular flexibility index (Phi) is 7.16. The number of likely N-dealkylation sites (tertiary alicyclic amines) is 1. The highest BCUT2D eigenvalue weighted by molar-refractivity contribution is 7.89. The third-order valence-corrected chi connectivity index (χ3v) is 8.40. The van der Waals surface area contributed by atoms with Crippen molar-refractivity contribution in [2.75, 3.05) is 25.4 Å². The summed E-state index contributed by atoms with van der Waals surface area (Å²) >= 11 is 0. The molecular formula is C19H35N3O4S. The van der Waals surface area contributed by atoms with Gasteiger partial charge >= 0.3 is 0 Å². The second-order valence-corrected chi connectivity index (χ2v) is 10.5. The summed E-state index contributed by atoms with van der Waals surface area (Å²) < 4.78 is 26.1. The van der Waals surface area contributed by atoms with Gasteiger partial charge in [-0.05, 0) is 38.5 Å². The van der Waals surface area contributed by atoms with Crippen molar-refractivity contribution in [2.45, 2.75) is 88.9 Å². The molecule has 2 saturated heterocycles. The van der Waals surface area contributed by atoms with Gasteiger partial charge < -0.3 is 10.4 Å². The Bertz CT molecular complexity index is 598. The van der Waals surface area contributed by atoms with E-state index in [1.165, 1.54) is 19.3 Å². The minimum atomic E-state index is -3.15. The van der Waals surface area contributed by atoms with E-state index in [-0.39, 0.29) is 29.8 Å². The number of nitrogens with zero attached hydrogens (tertiary/aromatic N) is 2. The molecule has 0 spiro atoms. The van der Waals surface area contributed by atoms with Gasteiger partial charge in [0.25, 0.3) is 0 Å². The maximum atomic E-state index is 12.9. The fraction of sp³-hybridized carbons (Fsp3) is 0.947. The van der Waals surface area contributed by atoms with Gasteiger partial charge in [0.15, 0.2) is 0 Å². The number of sulfonamides is 1. The van der Waals surface area contributed by atoms with Crippen molar-refractivity contribution in [1.82, 2.24) is 14.5 Å². The quantitative estimate of drug-likeness (QED) is 0.695. The highest BCUT2D eigenvalue weighted by Gasteiger charge is 2.42. The van der Waals surface area contributed by atoms with Crippen LogP contribution >= 0.6 is 0 Å². The van der Waals surface area contributed by atoms with Crippen LogP contribution in [0, 0.1) is 0 Å². The van der Waals surface area contributed by atoms with E-state index in [0.29, 0.717) is 32.5 Å². The van der Waals surface area contributed by atoms with E-state index in [0.717, 1.165) is 25.7 Å². The lowest BCUT2D eigenvalue weighted by Crippen LogP contribution is -2.53. The van der Waals surface area contributed by atoms with Gasteiger partial charge in [-0.15, -0.1) is 0 Å². The molecule has 0 radical (unpaired) electrons. The van der Waals surface area contributed by atoms with E-state index in [1.54, 1.807) is 4.31 Å². The number of amides is 1. The lowest BCUT2D eigenvalue weighted by atomic mass is 9.95. The number of carbonyl (C=O) groups is 1. The highest BCUT2D eigenvalue weighted by Crippen LogP contribution is 2.28. The molecule has 1 saturated carbocycles. The maximum absolute atomic E-state index is 12.9. The number of carbonyl (C=O) groups excluding carboxylic acids is 1. The Labute approximate surface area is 163 Å². The van der Waals surface area contributed by atoms with Gasteiger partial charge in [-0.1, -0.05) is 26.2 Å². The molecule has 0 aromatic heterocycles. The van der Waals surface area contributed by atoms with Crippen molar-refractivity contribution in [1.29, 1.82) is 0 Å². The van der Waals surface area contributed by atoms with E-state index in [1.807, 2.05) is 6.92 Å². The molecule has 3 rings (SSSR count). The molecule has 3 aliphatic rings. The minimum Gasteiger partial charge on any atom is -0.392 e. The molecule has 2 atom stereocenters. The second-order valence-electron chi connectivity index (χ2n) is 8.39. The topological polar surface area (TPSA) is 90.0 Å². The molecule has 1 amide bonds. The first-order valence-corrected chi connectivity index (χ1v) is 12.2. The van der Waals surface area contributed by atoms with E-state index in [2.05, 4.69) is 10.2 Å². The van der Waals surface area contributed by atoms with Gasteiger partial charge in [-0.3, -0.25) is 9.69 Å². The summed E-state index contributed by atoms with van der Waals surface area (Å²) in [7, 11) is -3.15. The number of aliphatic hydroxyl groups excluding tert-OH is 1. The van der Waals surface area contributed by atoms with Crippen LogP contribution < -0.4 is 5.32 Å². The Hall–Kier alpha value is -0.700. The average Bonchev–Trinajstić information content (AvgIpc) is 3.05. The summed E-state index contributed by atoms with van der Waals surface area (Å²) in [5.74, 6) is 0.242. The number of hydrogen-bond acceptors (Lipinski definition) is 5. The third kappa shape index (κ3) is 5.22. The predicted molar refractivity (Wildman–Crippen MR) is 105 cm³/mol. The Balaban J connectivity index is 1.57. The molecule has 8 heteroatoms. The molecule has 27 heavy (non-hydrogen) atoms. The number of rotatable bonds is 6. The zero-order valence-corrected chi connectivity index (χ0v) is 17.3. The molecule has 0 bridgehead atoms. The second kappa shape index (κ2) is 9.20. The van der Waals surface area contributed by atoms with Crippen LogP contribution in [0.3, 0.4) is 0 Å². The summed E-state index contributed by atoms with van der Waals surface area (Å²) in [6, 6.07) is 0.148. The standard InChI is InChI=1S/C19H35N3O4S/c1-2-12-27(25,26)21-10-8-16(9-11-21)22-14-17(23)13-18(22)19(24)20-15-6-4-3-5-7-15/h15-18,23H,2-14H2,1H3,(H,20,24)/t17-,18+/m1/s1. The van der Waals surface area contributed by atoms with Crippen LogP contribution in [0.1, 0.15) is 64.7 Å². The summed E-state index contributed by atoms with van der Waals surface area (Å²) in [5, 5.41) is 13.4. The molecule has 1 aliphatic carbocycles. The Morgan fingerprint density at radius 1 is 1.11 bits per heavy atom. The summed E-state index contributed by atoms with van der Waals surface area (Å²) in [5.41, 5.74) is 0. The van der Waals surface area contributed by atoms with Crippen LogP contribution in [0.4, 0.5) is 0 Å². The fourth-order valence-electron chi connectivity index (χ4n) is 4.88. The van der Waals surface area contributed by atoms with Gasteiger partial charge in [0, 0.05) is 31.7 Å². The molecule has 0 unspecified atom stereocenters. The largest absolute Gasteiger partial charge is 0.392 e. The number of β-amino-alcohol motifs (C(OH)–C–C–N with tert-alkyl or cyclic N) is 1. The average molecular weight is 402 g/mol. The molecule has 2 aliphatic heterocycles. The summed E-state index contributed by atoms with van der Waals surface area (Å²) in [6.07, 6.45) is 7.78. The minimum absolute atomic E-state index is 0.0412. The first kappa shape index (κ1) is 21.0. The zero-order chi connectivity index (χ0) is 19.4. The van der Waals surface area contributed by atoms with E-state index in [9.17, 15) is 18.3 Å². The monoisotopic (exact) mass is 401 g/mol. The lowest BCUT2D eigenvalue weighted by Gasteiger charge is -2.38. The smallest absolute Gasteiger partial charge is 0.237 e. The maximum Gasteiger partial charge on any atom is 0.237 e. The number of hydrogen-bond donors (Lipinski definition) is 2. The van der Waals surface area contributed by atoms with E-state index in [4.69, 9.17) is 0 Å². The van der Waals surface area contributed by atoms with Crippen LogP contribution in [-0.2, 0) is 14.8 Å².